The first-order valence-electron chi connectivity index (χ1n) is 7.81. The maximum absolute atomic E-state index is 12.5. The highest BCUT2D eigenvalue weighted by atomic mass is 35.5. The summed E-state index contributed by atoms with van der Waals surface area (Å²) in [6.07, 6.45) is 4.72. The molecule has 0 bridgehead atoms. The summed E-state index contributed by atoms with van der Waals surface area (Å²) < 4.78 is 6.64. The van der Waals surface area contributed by atoms with E-state index in [9.17, 15) is 9.59 Å². The van der Waals surface area contributed by atoms with E-state index in [1.54, 1.807) is 42.9 Å². The van der Waals surface area contributed by atoms with E-state index in [1.807, 2.05) is 13.0 Å². The third-order valence-electron chi connectivity index (χ3n) is 3.50. The molecule has 0 radical (unpaired) electrons. The Hall–Kier alpha value is -2.27. The summed E-state index contributed by atoms with van der Waals surface area (Å²) in [6.45, 7) is 2.43. The number of rotatable bonds is 5. The summed E-state index contributed by atoms with van der Waals surface area (Å²) in [5.41, 5.74) is 1.33. The highest BCUT2D eigenvalue weighted by Gasteiger charge is 2.15. The van der Waals surface area contributed by atoms with E-state index in [1.165, 1.54) is 11.0 Å². The van der Waals surface area contributed by atoms with Gasteiger partial charge in [-0.2, -0.15) is 0 Å². The number of ether oxygens (including phenoxy) is 1. The number of hydrogen-bond donors (Lipinski definition) is 0. The average molecular weight is 349 g/mol. The Morgan fingerprint density at radius 1 is 1.29 bits per heavy atom. The van der Waals surface area contributed by atoms with Gasteiger partial charge in [-0.25, -0.2) is 9.59 Å². The largest absolute Gasteiger partial charge is 0.463 e. The van der Waals surface area contributed by atoms with Gasteiger partial charge in [-0.3, -0.25) is 4.57 Å². The number of benzene rings is 1. The Labute approximate surface area is 146 Å². The smallest absolute Gasteiger partial charge is 0.330 e. The molecule has 0 aliphatic rings. The second-order valence-corrected chi connectivity index (χ2v) is 6.08. The summed E-state index contributed by atoms with van der Waals surface area (Å²) >= 11 is 6.02. The number of fused-ring (bicyclic) bond motifs is 1. The molecule has 0 atom stereocenters. The van der Waals surface area contributed by atoms with Gasteiger partial charge in [-0.05, 0) is 36.8 Å². The first-order chi connectivity index (χ1) is 11.4. The van der Waals surface area contributed by atoms with E-state index in [4.69, 9.17) is 16.3 Å². The lowest BCUT2D eigenvalue weighted by Crippen LogP contribution is -2.27. The highest BCUT2D eigenvalue weighted by Crippen LogP contribution is 2.25. The van der Waals surface area contributed by atoms with Crippen molar-refractivity contribution in [2.75, 3.05) is 20.7 Å². The van der Waals surface area contributed by atoms with Gasteiger partial charge in [-0.15, -0.1) is 0 Å². The number of hydrogen-bond acceptors (Lipinski definition) is 3. The molecule has 2 aromatic rings. The minimum atomic E-state index is -0.421. The van der Waals surface area contributed by atoms with Gasteiger partial charge in [-0.1, -0.05) is 24.9 Å². The van der Waals surface area contributed by atoms with Crippen molar-refractivity contribution in [3.05, 3.63) is 41.1 Å². The molecule has 1 aromatic carbocycles. The quantitative estimate of drug-likeness (QED) is 0.462. The Bertz CT molecular complexity index is 778. The van der Waals surface area contributed by atoms with Gasteiger partial charge < -0.3 is 9.64 Å². The van der Waals surface area contributed by atoms with Gasteiger partial charge in [0.15, 0.2) is 0 Å². The van der Waals surface area contributed by atoms with Gasteiger partial charge in [0.1, 0.15) is 0 Å². The van der Waals surface area contributed by atoms with Gasteiger partial charge in [0.05, 0.1) is 17.8 Å². The molecule has 0 aliphatic carbocycles. The fourth-order valence-electron chi connectivity index (χ4n) is 2.26. The Morgan fingerprint density at radius 2 is 2.04 bits per heavy atom. The summed E-state index contributed by atoms with van der Waals surface area (Å²) in [4.78, 5) is 25.7. The lowest BCUT2D eigenvalue weighted by Gasteiger charge is -2.13. The van der Waals surface area contributed by atoms with Crippen molar-refractivity contribution >= 4 is 40.6 Å². The van der Waals surface area contributed by atoms with Crippen molar-refractivity contribution in [3.63, 3.8) is 0 Å². The first kappa shape index (κ1) is 18.1. The third kappa shape index (κ3) is 4.17. The lowest BCUT2D eigenvalue weighted by atomic mass is 10.2. The molecule has 1 heterocycles. The summed E-state index contributed by atoms with van der Waals surface area (Å²) in [5.74, 6) is -0.421. The van der Waals surface area contributed by atoms with Crippen LogP contribution in [0.25, 0.3) is 17.0 Å². The van der Waals surface area contributed by atoms with Crippen LogP contribution in [0.3, 0.4) is 0 Å². The molecule has 24 heavy (non-hydrogen) atoms. The van der Waals surface area contributed by atoms with E-state index in [0.29, 0.717) is 17.3 Å². The minimum Gasteiger partial charge on any atom is -0.463 e. The Balaban J connectivity index is 2.36. The van der Waals surface area contributed by atoms with Gasteiger partial charge in [0, 0.05) is 30.6 Å². The zero-order valence-corrected chi connectivity index (χ0v) is 14.8. The zero-order chi connectivity index (χ0) is 17.7. The minimum absolute atomic E-state index is 0.202. The van der Waals surface area contributed by atoms with Crippen LogP contribution in [-0.2, 0) is 9.53 Å². The number of esters is 1. The molecule has 2 rings (SSSR count). The van der Waals surface area contributed by atoms with E-state index in [0.717, 1.165) is 23.7 Å². The monoisotopic (exact) mass is 348 g/mol. The van der Waals surface area contributed by atoms with Gasteiger partial charge in [0.25, 0.3) is 0 Å². The van der Waals surface area contributed by atoms with Crippen LogP contribution in [0.2, 0.25) is 5.02 Å². The lowest BCUT2D eigenvalue weighted by molar-refractivity contribution is -0.137. The van der Waals surface area contributed by atoms with E-state index in [-0.39, 0.29) is 6.03 Å². The van der Waals surface area contributed by atoms with E-state index in [2.05, 4.69) is 0 Å². The number of halogens is 1. The standard InChI is InChI=1S/C18H21ClN2O3/c1-4-5-10-24-17(22)9-7-15-12-13-11-14(19)6-8-16(13)21(15)18(23)20(2)3/h6-9,11-12H,4-5,10H2,1-3H3/b9-7+. The molecule has 0 unspecified atom stereocenters. The summed E-state index contributed by atoms with van der Waals surface area (Å²) in [6, 6.07) is 6.92. The van der Waals surface area contributed by atoms with Crippen LogP contribution in [0, 0.1) is 0 Å². The summed E-state index contributed by atoms with van der Waals surface area (Å²) in [5, 5.41) is 1.42. The SMILES string of the molecule is CCCCOC(=O)/C=C/c1cc2cc(Cl)ccc2n1C(=O)N(C)C. The molecule has 5 nitrogen and oxygen atoms in total. The predicted molar refractivity (Wildman–Crippen MR) is 96.3 cm³/mol. The van der Waals surface area contributed by atoms with Crippen LogP contribution in [-0.4, -0.2) is 42.2 Å². The average Bonchev–Trinajstić information content (AvgIpc) is 2.89. The Kier molecular flexibility index (Phi) is 6.04. The van der Waals surface area contributed by atoms with Crippen molar-refractivity contribution in [3.8, 4) is 0 Å². The molecule has 1 amide bonds. The van der Waals surface area contributed by atoms with Crippen molar-refractivity contribution in [1.82, 2.24) is 9.47 Å². The maximum Gasteiger partial charge on any atom is 0.330 e. The fraction of sp³-hybridized carbons (Fsp3) is 0.333. The van der Waals surface area contributed by atoms with Crippen molar-refractivity contribution in [1.29, 1.82) is 0 Å². The first-order valence-corrected chi connectivity index (χ1v) is 8.19. The van der Waals surface area contributed by atoms with Crippen molar-refractivity contribution < 1.29 is 14.3 Å². The predicted octanol–water partition coefficient (Wildman–Crippen LogP) is 4.18. The van der Waals surface area contributed by atoms with E-state index < -0.39 is 5.97 Å². The molecular weight excluding hydrogens is 328 g/mol. The van der Waals surface area contributed by atoms with Crippen molar-refractivity contribution in [2.45, 2.75) is 19.8 Å². The number of unbranched alkanes of at least 4 members (excludes halogenated alkanes) is 1. The molecule has 6 heteroatoms. The van der Waals surface area contributed by atoms with Crippen LogP contribution >= 0.6 is 11.6 Å². The molecule has 128 valence electrons. The second kappa shape index (κ2) is 8.02. The number of aromatic nitrogens is 1. The Morgan fingerprint density at radius 3 is 2.71 bits per heavy atom. The van der Waals surface area contributed by atoms with Crippen LogP contribution < -0.4 is 0 Å². The fourth-order valence-corrected chi connectivity index (χ4v) is 2.44. The van der Waals surface area contributed by atoms with Crippen LogP contribution in [0.4, 0.5) is 4.79 Å². The van der Waals surface area contributed by atoms with Crippen LogP contribution in [0.15, 0.2) is 30.3 Å². The number of carbonyl (C=O) groups is 2. The van der Waals surface area contributed by atoms with Gasteiger partial charge >= 0.3 is 12.0 Å². The van der Waals surface area contributed by atoms with Crippen molar-refractivity contribution in [2.24, 2.45) is 0 Å². The van der Waals surface area contributed by atoms with Crippen LogP contribution in [0.1, 0.15) is 25.5 Å². The van der Waals surface area contributed by atoms with Crippen LogP contribution in [0.5, 0.6) is 0 Å². The second-order valence-electron chi connectivity index (χ2n) is 5.64. The normalized spacial score (nSPS) is 11.2. The molecule has 0 spiro atoms. The number of nitrogens with zero attached hydrogens (tertiary/aromatic N) is 2. The summed E-state index contributed by atoms with van der Waals surface area (Å²) in [7, 11) is 3.35. The highest BCUT2D eigenvalue weighted by molar-refractivity contribution is 6.31. The molecule has 0 N–H and O–H groups in total. The molecule has 0 fully saturated rings. The molecular formula is C18H21ClN2O3. The number of amides is 1. The maximum atomic E-state index is 12.5. The molecule has 0 saturated heterocycles. The van der Waals surface area contributed by atoms with E-state index >= 15 is 0 Å². The molecule has 1 aromatic heterocycles. The molecule has 0 aliphatic heterocycles. The zero-order valence-electron chi connectivity index (χ0n) is 14.1. The van der Waals surface area contributed by atoms with Gasteiger partial charge in [0.2, 0.25) is 0 Å². The molecule has 0 saturated carbocycles. The topological polar surface area (TPSA) is 51.5 Å². The third-order valence-corrected chi connectivity index (χ3v) is 3.73. The number of carbonyl (C=O) groups excluding carboxylic acids is 2.